The maximum Gasteiger partial charge on any atom is 0.290 e. The first-order valence-corrected chi connectivity index (χ1v) is 9.13. The van der Waals surface area contributed by atoms with E-state index in [9.17, 15) is 9.59 Å². The number of H-pyrrole nitrogens is 2. The molecule has 4 aromatic rings. The molecular weight excluding hydrogens is 348 g/mol. The number of hydrogen-bond acceptors (Lipinski definition) is 4. The molecular formula is C19H16N4O2S. The number of rotatable bonds is 5. The van der Waals surface area contributed by atoms with Crippen molar-refractivity contribution in [2.75, 3.05) is 0 Å². The van der Waals surface area contributed by atoms with Crippen LogP contribution in [0.25, 0.3) is 11.0 Å². The summed E-state index contributed by atoms with van der Waals surface area (Å²) < 4.78 is 1.81. The minimum Gasteiger partial charge on any atom is -0.310 e. The highest BCUT2D eigenvalue weighted by atomic mass is 32.2. The maximum atomic E-state index is 12.3. The molecule has 0 unspecified atom stereocenters. The van der Waals surface area contributed by atoms with Crippen LogP contribution in [0.4, 0.5) is 0 Å². The molecule has 0 saturated carbocycles. The minimum atomic E-state index is -0.395. The Labute approximate surface area is 152 Å². The fraction of sp³-hybridized carbons (Fsp3) is 0.105. The van der Waals surface area contributed by atoms with Crippen LogP contribution in [-0.4, -0.2) is 19.7 Å². The van der Waals surface area contributed by atoms with E-state index in [-0.39, 0.29) is 11.1 Å². The number of aromatic amines is 2. The Morgan fingerprint density at radius 2 is 1.46 bits per heavy atom. The first-order valence-electron chi connectivity index (χ1n) is 8.14. The minimum absolute atomic E-state index is 0.167. The summed E-state index contributed by atoms with van der Waals surface area (Å²) in [6, 6.07) is 19.8. The van der Waals surface area contributed by atoms with Gasteiger partial charge in [0.05, 0.1) is 6.54 Å². The number of hydrogen-bond donors (Lipinski definition) is 2. The monoisotopic (exact) mass is 364 g/mol. The van der Waals surface area contributed by atoms with Gasteiger partial charge in [-0.15, -0.1) is 0 Å². The van der Waals surface area contributed by atoms with Gasteiger partial charge in [0.1, 0.15) is 5.52 Å². The largest absolute Gasteiger partial charge is 0.310 e. The van der Waals surface area contributed by atoms with E-state index in [0.29, 0.717) is 23.0 Å². The molecule has 0 fully saturated rings. The maximum absolute atomic E-state index is 12.3. The van der Waals surface area contributed by atoms with Gasteiger partial charge >= 0.3 is 0 Å². The van der Waals surface area contributed by atoms with Crippen molar-refractivity contribution in [2.24, 2.45) is 0 Å². The second kappa shape index (κ2) is 7.05. The molecule has 0 spiro atoms. The molecule has 0 bridgehead atoms. The fourth-order valence-corrected chi connectivity index (χ4v) is 3.75. The number of nitrogens with one attached hydrogen (secondary N) is 2. The van der Waals surface area contributed by atoms with E-state index >= 15 is 0 Å². The second-order valence-electron chi connectivity index (χ2n) is 5.85. The third-order valence-corrected chi connectivity index (χ3v) is 5.09. The van der Waals surface area contributed by atoms with Gasteiger partial charge in [0.25, 0.3) is 11.1 Å². The van der Waals surface area contributed by atoms with Crippen molar-refractivity contribution in [3.63, 3.8) is 0 Å². The van der Waals surface area contributed by atoms with Crippen molar-refractivity contribution < 1.29 is 0 Å². The highest BCUT2D eigenvalue weighted by Crippen LogP contribution is 2.25. The van der Waals surface area contributed by atoms with E-state index in [1.807, 2.05) is 65.2 Å². The lowest BCUT2D eigenvalue weighted by Crippen LogP contribution is -2.20. The standard InChI is InChI=1S/C19H16N4O2S/c24-17-15-16(18(25)22-21-17)23(11-13-7-3-1-4-8-13)19(20-15)26-12-14-9-5-2-6-10-14/h1-10H,11-12H2,(H,21,24)(H,22,25). The summed E-state index contributed by atoms with van der Waals surface area (Å²) in [6.07, 6.45) is 0. The predicted octanol–water partition coefficient (Wildman–Crippen LogP) is 2.75. The van der Waals surface area contributed by atoms with Crippen LogP contribution in [0.5, 0.6) is 0 Å². The van der Waals surface area contributed by atoms with E-state index in [4.69, 9.17) is 0 Å². The van der Waals surface area contributed by atoms with Gasteiger partial charge in [-0.25, -0.2) is 4.98 Å². The zero-order valence-electron chi connectivity index (χ0n) is 13.8. The van der Waals surface area contributed by atoms with Crippen LogP contribution in [0.1, 0.15) is 11.1 Å². The van der Waals surface area contributed by atoms with Crippen LogP contribution >= 0.6 is 11.8 Å². The van der Waals surface area contributed by atoms with Crippen molar-refractivity contribution in [3.8, 4) is 0 Å². The Hall–Kier alpha value is -3.06. The van der Waals surface area contributed by atoms with E-state index in [2.05, 4.69) is 15.2 Å². The molecule has 2 aromatic heterocycles. The van der Waals surface area contributed by atoms with Gasteiger partial charge < -0.3 is 4.57 Å². The van der Waals surface area contributed by atoms with Crippen LogP contribution in [0.3, 0.4) is 0 Å². The summed E-state index contributed by atoms with van der Waals surface area (Å²) in [7, 11) is 0. The van der Waals surface area contributed by atoms with Crippen LogP contribution < -0.4 is 11.1 Å². The van der Waals surface area contributed by atoms with Gasteiger partial charge in [0.2, 0.25) is 0 Å². The molecule has 0 amide bonds. The van der Waals surface area contributed by atoms with Gasteiger partial charge in [-0.2, -0.15) is 0 Å². The lowest BCUT2D eigenvalue weighted by Gasteiger charge is -2.08. The van der Waals surface area contributed by atoms with E-state index in [0.717, 1.165) is 11.1 Å². The highest BCUT2D eigenvalue weighted by Gasteiger charge is 2.17. The molecule has 7 heteroatoms. The molecule has 0 saturated heterocycles. The predicted molar refractivity (Wildman–Crippen MR) is 103 cm³/mol. The zero-order valence-corrected chi connectivity index (χ0v) is 14.6. The van der Waals surface area contributed by atoms with Gasteiger partial charge in [0.15, 0.2) is 10.7 Å². The molecule has 0 aliphatic heterocycles. The third-order valence-electron chi connectivity index (χ3n) is 4.05. The molecule has 0 radical (unpaired) electrons. The Kier molecular flexibility index (Phi) is 4.45. The summed E-state index contributed by atoms with van der Waals surface area (Å²) in [6.45, 7) is 0.473. The summed E-state index contributed by atoms with van der Waals surface area (Å²) in [5, 5.41) is 5.38. The van der Waals surface area contributed by atoms with Crippen molar-refractivity contribution in [1.29, 1.82) is 0 Å². The van der Waals surface area contributed by atoms with Gasteiger partial charge in [-0.05, 0) is 11.1 Å². The SMILES string of the molecule is O=c1[nH][nH]c(=O)c2c1nc(SCc1ccccc1)n2Cc1ccccc1. The Bertz CT molecular complexity index is 1150. The molecule has 2 N–H and O–H groups in total. The zero-order chi connectivity index (χ0) is 17.9. The summed E-state index contributed by atoms with van der Waals surface area (Å²) >= 11 is 1.51. The molecule has 6 nitrogen and oxygen atoms in total. The van der Waals surface area contributed by atoms with Crippen molar-refractivity contribution in [1.82, 2.24) is 19.7 Å². The molecule has 0 atom stereocenters. The lowest BCUT2D eigenvalue weighted by atomic mass is 10.2. The molecule has 130 valence electrons. The smallest absolute Gasteiger partial charge is 0.290 e. The first-order chi connectivity index (χ1) is 12.7. The van der Waals surface area contributed by atoms with E-state index < -0.39 is 5.56 Å². The van der Waals surface area contributed by atoms with E-state index in [1.54, 1.807) is 0 Å². The van der Waals surface area contributed by atoms with Crippen molar-refractivity contribution in [3.05, 3.63) is 92.5 Å². The van der Waals surface area contributed by atoms with Crippen molar-refractivity contribution in [2.45, 2.75) is 17.5 Å². The van der Waals surface area contributed by atoms with Crippen LogP contribution in [0.2, 0.25) is 0 Å². The first kappa shape index (κ1) is 16.4. The molecule has 2 aromatic carbocycles. The number of benzene rings is 2. The number of aromatic nitrogens is 4. The van der Waals surface area contributed by atoms with E-state index in [1.165, 1.54) is 11.8 Å². The molecule has 2 heterocycles. The topological polar surface area (TPSA) is 83.5 Å². The van der Waals surface area contributed by atoms with Crippen LogP contribution in [0.15, 0.2) is 75.4 Å². The average Bonchev–Trinajstić information content (AvgIpc) is 3.04. The summed E-state index contributed by atoms with van der Waals surface area (Å²) in [5.41, 5.74) is 1.91. The number of nitrogens with zero attached hydrogens (tertiary/aromatic N) is 2. The van der Waals surface area contributed by atoms with Gasteiger partial charge in [0, 0.05) is 5.75 Å². The Morgan fingerprint density at radius 1 is 0.846 bits per heavy atom. The van der Waals surface area contributed by atoms with Crippen LogP contribution in [-0.2, 0) is 12.3 Å². The normalized spacial score (nSPS) is 11.1. The quantitative estimate of drug-likeness (QED) is 0.534. The Morgan fingerprint density at radius 3 is 2.15 bits per heavy atom. The molecule has 0 aliphatic rings. The van der Waals surface area contributed by atoms with Crippen LogP contribution in [0, 0.1) is 0 Å². The number of fused-ring (bicyclic) bond motifs is 1. The van der Waals surface area contributed by atoms with Crippen molar-refractivity contribution >= 4 is 22.8 Å². The van der Waals surface area contributed by atoms with Gasteiger partial charge in [-0.3, -0.25) is 19.8 Å². The lowest BCUT2D eigenvalue weighted by molar-refractivity contribution is 0.727. The average molecular weight is 364 g/mol. The number of imidazole rings is 1. The second-order valence-corrected chi connectivity index (χ2v) is 6.79. The highest BCUT2D eigenvalue weighted by molar-refractivity contribution is 7.98. The number of thioether (sulfide) groups is 1. The Balaban J connectivity index is 1.79. The summed E-state index contributed by atoms with van der Waals surface area (Å²) in [5.74, 6) is 0.703. The van der Waals surface area contributed by atoms with Gasteiger partial charge in [-0.1, -0.05) is 72.4 Å². The molecule has 0 aliphatic carbocycles. The molecule has 4 rings (SSSR count). The molecule has 26 heavy (non-hydrogen) atoms. The third kappa shape index (κ3) is 3.21. The fourth-order valence-electron chi connectivity index (χ4n) is 2.80. The summed E-state index contributed by atoms with van der Waals surface area (Å²) in [4.78, 5) is 28.9.